The average Bonchev–Trinajstić information content (AvgIpc) is 2.16. The molecule has 0 aliphatic rings. The quantitative estimate of drug-likeness (QED) is 0.215. The lowest BCUT2D eigenvalue weighted by Crippen LogP contribution is -2.23. The molecular formula is C8H18N2O2S. The van der Waals surface area contributed by atoms with Crippen molar-refractivity contribution in [3.8, 4) is 0 Å². The predicted octanol–water partition coefficient (Wildman–Crippen LogP) is 1.14. The highest BCUT2D eigenvalue weighted by Gasteiger charge is 2.06. The molecule has 1 atom stereocenters. The molecule has 0 saturated carbocycles. The van der Waals surface area contributed by atoms with Gasteiger partial charge < -0.3 is 15.7 Å². The molecule has 78 valence electrons. The second-order valence-electron chi connectivity index (χ2n) is 2.85. The smallest absolute Gasteiger partial charge is 0.142 e. The second-order valence-corrected chi connectivity index (χ2v) is 4.00. The van der Waals surface area contributed by atoms with E-state index in [-0.39, 0.29) is 5.92 Å². The summed E-state index contributed by atoms with van der Waals surface area (Å²) in [4.78, 5) is 0. The van der Waals surface area contributed by atoms with E-state index >= 15 is 0 Å². The Bertz CT molecular complexity index is 153. The van der Waals surface area contributed by atoms with Crippen LogP contribution in [0.1, 0.15) is 13.3 Å². The standard InChI is InChI=1S/C8H18N2O2S/c1-7(8(9)10-11)6-13-5-3-4-12-2/h7,11H,3-6H2,1-2H3,(H2,9,10). The molecule has 0 rings (SSSR count). The van der Waals surface area contributed by atoms with Crippen LogP contribution in [0.2, 0.25) is 0 Å². The molecule has 0 aromatic rings. The zero-order valence-electron chi connectivity index (χ0n) is 8.19. The van der Waals surface area contributed by atoms with Gasteiger partial charge in [-0.15, -0.1) is 0 Å². The maximum Gasteiger partial charge on any atom is 0.142 e. The fourth-order valence-electron chi connectivity index (χ4n) is 0.749. The Labute approximate surface area is 83.5 Å². The van der Waals surface area contributed by atoms with E-state index in [0.717, 1.165) is 24.5 Å². The summed E-state index contributed by atoms with van der Waals surface area (Å²) in [6.07, 6.45) is 1.05. The lowest BCUT2D eigenvalue weighted by atomic mass is 10.2. The third-order valence-electron chi connectivity index (χ3n) is 1.63. The molecule has 4 nitrogen and oxygen atoms in total. The summed E-state index contributed by atoms with van der Waals surface area (Å²) in [6, 6.07) is 0. The van der Waals surface area contributed by atoms with Crippen LogP contribution >= 0.6 is 11.8 Å². The Morgan fingerprint density at radius 1 is 1.69 bits per heavy atom. The van der Waals surface area contributed by atoms with Crippen LogP contribution in [0.25, 0.3) is 0 Å². The number of oxime groups is 1. The van der Waals surface area contributed by atoms with Gasteiger partial charge in [-0.25, -0.2) is 0 Å². The fraction of sp³-hybridized carbons (Fsp3) is 0.875. The van der Waals surface area contributed by atoms with E-state index in [1.807, 2.05) is 6.92 Å². The Morgan fingerprint density at radius 2 is 2.38 bits per heavy atom. The molecule has 0 aliphatic carbocycles. The Balaban J connectivity index is 3.32. The van der Waals surface area contributed by atoms with Crippen LogP contribution < -0.4 is 5.73 Å². The first-order chi connectivity index (χ1) is 6.22. The molecule has 0 radical (unpaired) electrons. The summed E-state index contributed by atoms with van der Waals surface area (Å²) < 4.78 is 4.92. The van der Waals surface area contributed by atoms with Gasteiger partial charge in [0.2, 0.25) is 0 Å². The van der Waals surface area contributed by atoms with Crippen molar-refractivity contribution in [1.29, 1.82) is 0 Å². The molecule has 0 saturated heterocycles. The molecule has 5 heteroatoms. The molecule has 0 spiro atoms. The molecule has 1 unspecified atom stereocenters. The van der Waals surface area contributed by atoms with Gasteiger partial charge in [-0.2, -0.15) is 11.8 Å². The normalized spacial score (nSPS) is 14.5. The monoisotopic (exact) mass is 206 g/mol. The number of hydrogen-bond acceptors (Lipinski definition) is 4. The highest BCUT2D eigenvalue weighted by molar-refractivity contribution is 7.99. The van der Waals surface area contributed by atoms with Gasteiger partial charge in [-0.3, -0.25) is 0 Å². The van der Waals surface area contributed by atoms with E-state index in [9.17, 15) is 0 Å². The molecule has 0 aliphatic heterocycles. The number of ether oxygens (including phenoxy) is 1. The van der Waals surface area contributed by atoms with E-state index in [1.54, 1.807) is 18.9 Å². The number of rotatable bonds is 7. The van der Waals surface area contributed by atoms with Gasteiger partial charge in [-0.05, 0) is 12.2 Å². The summed E-state index contributed by atoms with van der Waals surface area (Å²) in [5, 5.41) is 11.3. The Morgan fingerprint density at radius 3 is 2.92 bits per heavy atom. The number of thioether (sulfide) groups is 1. The van der Waals surface area contributed by atoms with Crippen molar-refractivity contribution in [3.63, 3.8) is 0 Å². The molecule has 13 heavy (non-hydrogen) atoms. The predicted molar refractivity (Wildman–Crippen MR) is 56.4 cm³/mol. The van der Waals surface area contributed by atoms with Crippen LogP contribution in [0, 0.1) is 5.92 Å². The highest BCUT2D eigenvalue weighted by atomic mass is 32.2. The Kier molecular flexibility index (Phi) is 7.93. The summed E-state index contributed by atoms with van der Waals surface area (Å²) >= 11 is 1.79. The van der Waals surface area contributed by atoms with Crippen LogP contribution in [0.5, 0.6) is 0 Å². The third-order valence-corrected chi connectivity index (χ3v) is 2.94. The molecule has 0 fully saturated rings. The van der Waals surface area contributed by atoms with Gasteiger partial charge in [0.05, 0.1) is 0 Å². The number of hydrogen-bond donors (Lipinski definition) is 2. The number of methoxy groups -OCH3 is 1. The van der Waals surface area contributed by atoms with Gasteiger partial charge in [0.1, 0.15) is 5.84 Å². The minimum atomic E-state index is 0.137. The Hall–Kier alpha value is -0.420. The van der Waals surface area contributed by atoms with Crippen LogP contribution in [-0.4, -0.2) is 36.3 Å². The molecule has 0 amide bonds. The van der Waals surface area contributed by atoms with Crippen molar-refractivity contribution in [2.45, 2.75) is 13.3 Å². The van der Waals surface area contributed by atoms with Crippen LogP contribution in [0.4, 0.5) is 0 Å². The van der Waals surface area contributed by atoms with Crippen LogP contribution in [0.15, 0.2) is 5.16 Å². The average molecular weight is 206 g/mol. The summed E-state index contributed by atoms with van der Waals surface area (Å²) in [7, 11) is 1.70. The summed E-state index contributed by atoms with van der Waals surface area (Å²) in [5.74, 6) is 2.38. The molecule has 0 aromatic carbocycles. The van der Waals surface area contributed by atoms with Gasteiger partial charge >= 0.3 is 0 Å². The van der Waals surface area contributed by atoms with Crippen LogP contribution in [0.3, 0.4) is 0 Å². The molecule has 0 bridgehead atoms. The highest BCUT2D eigenvalue weighted by Crippen LogP contribution is 2.09. The SMILES string of the molecule is COCCCSCC(C)C(N)=NO. The minimum Gasteiger partial charge on any atom is -0.409 e. The van der Waals surface area contributed by atoms with E-state index in [0.29, 0.717) is 5.84 Å². The van der Waals surface area contributed by atoms with Crippen LogP contribution in [-0.2, 0) is 4.74 Å². The van der Waals surface area contributed by atoms with Crippen molar-refractivity contribution in [1.82, 2.24) is 0 Å². The number of amidine groups is 1. The zero-order valence-corrected chi connectivity index (χ0v) is 9.01. The van der Waals surface area contributed by atoms with Gasteiger partial charge in [0, 0.05) is 25.4 Å². The maximum atomic E-state index is 8.38. The number of nitrogens with two attached hydrogens (primary N) is 1. The van der Waals surface area contributed by atoms with Gasteiger partial charge in [0.15, 0.2) is 0 Å². The van der Waals surface area contributed by atoms with E-state index in [2.05, 4.69) is 5.16 Å². The van der Waals surface area contributed by atoms with Crippen molar-refractivity contribution in [2.75, 3.05) is 25.2 Å². The summed E-state index contributed by atoms with van der Waals surface area (Å²) in [5.41, 5.74) is 5.42. The lowest BCUT2D eigenvalue weighted by molar-refractivity contribution is 0.200. The third kappa shape index (κ3) is 6.72. The molecule has 0 heterocycles. The zero-order chi connectivity index (χ0) is 10.1. The van der Waals surface area contributed by atoms with Gasteiger partial charge in [-0.1, -0.05) is 12.1 Å². The molecular weight excluding hydrogens is 188 g/mol. The minimum absolute atomic E-state index is 0.137. The lowest BCUT2D eigenvalue weighted by Gasteiger charge is -2.08. The molecule has 0 aromatic heterocycles. The van der Waals surface area contributed by atoms with E-state index in [1.165, 1.54) is 0 Å². The van der Waals surface area contributed by atoms with Crippen molar-refractivity contribution >= 4 is 17.6 Å². The second kappa shape index (κ2) is 8.19. The first-order valence-electron chi connectivity index (χ1n) is 4.26. The summed E-state index contributed by atoms with van der Waals surface area (Å²) in [6.45, 7) is 2.74. The van der Waals surface area contributed by atoms with E-state index in [4.69, 9.17) is 15.7 Å². The first kappa shape index (κ1) is 12.6. The van der Waals surface area contributed by atoms with Gasteiger partial charge in [0.25, 0.3) is 0 Å². The fourth-order valence-corrected chi connectivity index (χ4v) is 1.76. The maximum absolute atomic E-state index is 8.38. The van der Waals surface area contributed by atoms with Crippen molar-refractivity contribution in [3.05, 3.63) is 0 Å². The van der Waals surface area contributed by atoms with Crippen molar-refractivity contribution in [2.24, 2.45) is 16.8 Å². The van der Waals surface area contributed by atoms with E-state index < -0.39 is 0 Å². The first-order valence-corrected chi connectivity index (χ1v) is 5.42. The topological polar surface area (TPSA) is 67.8 Å². The van der Waals surface area contributed by atoms with Crippen molar-refractivity contribution < 1.29 is 9.94 Å². The largest absolute Gasteiger partial charge is 0.409 e. The number of nitrogens with zero attached hydrogens (tertiary/aromatic N) is 1. The molecule has 3 N–H and O–H groups in total.